The molecule has 214 valence electrons. The van der Waals surface area contributed by atoms with Gasteiger partial charge in [0.15, 0.2) is 0 Å². The molecule has 0 heterocycles. The van der Waals surface area contributed by atoms with Gasteiger partial charge < -0.3 is 53.2 Å². The van der Waals surface area contributed by atoms with Crippen molar-refractivity contribution in [3.05, 3.63) is 43.0 Å². The summed E-state index contributed by atoms with van der Waals surface area (Å²) >= 11 is 0. The third-order valence-electron chi connectivity index (χ3n) is 3.96. The number of hydrogen-bond donors (Lipinski definition) is 3. The Morgan fingerprint density at radius 2 is 1.08 bits per heavy atom. The van der Waals surface area contributed by atoms with Crippen molar-refractivity contribution in [2.75, 3.05) is 99.1 Å². The lowest BCUT2D eigenvalue weighted by atomic mass is 10.3. The number of carboxylic acid groups (broad SMARTS) is 1. The molecule has 0 aliphatic rings. The smallest absolute Gasteiger partial charge is 0.327 e. The summed E-state index contributed by atoms with van der Waals surface area (Å²) in [6, 6.07) is 9.19. The van der Waals surface area contributed by atoms with E-state index in [0.29, 0.717) is 91.6 Å². The highest BCUT2D eigenvalue weighted by Gasteiger charge is 2.08. The van der Waals surface area contributed by atoms with Crippen molar-refractivity contribution in [3.8, 4) is 5.75 Å². The third kappa shape index (κ3) is 26.7. The van der Waals surface area contributed by atoms with E-state index in [1.165, 1.54) is 0 Å². The number of carboxylic acids is 1. The highest BCUT2D eigenvalue weighted by atomic mass is 16.7. The van der Waals surface area contributed by atoms with Gasteiger partial charge in [-0.2, -0.15) is 0 Å². The zero-order valence-corrected chi connectivity index (χ0v) is 21.4. The Labute approximate surface area is 218 Å². The van der Waals surface area contributed by atoms with Gasteiger partial charge in [-0.1, -0.05) is 24.8 Å². The molecule has 1 aromatic rings. The standard InChI is InChI=1S/C22H38O10.C3H4O2/c23-6-7-25-8-9-26-10-11-27-12-13-28-14-15-29-16-17-30-18-19-31-22(20-24)32-21-4-2-1-3-5-21;1-2-3(4)5/h1-5,22-24H,6-20H2;2H,1H2,(H,4,5). The summed E-state index contributed by atoms with van der Waals surface area (Å²) in [7, 11) is 0. The van der Waals surface area contributed by atoms with Crippen LogP contribution in [0, 0.1) is 0 Å². The van der Waals surface area contributed by atoms with Crippen LogP contribution < -0.4 is 4.74 Å². The number of carbonyl (C=O) groups is 1. The van der Waals surface area contributed by atoms with E-state index in [1.807, 2.05) is 18.2 Å². The van der Waals surface area contributed by atoms with Gasteiger partial charge in [0.1, 0.15) is 12.4 Å². The number of aliphatic hydroxyl groups is 2. The first-order valence-corrected chi connectivity index (χ1v) is 12.0. The number of aliphatic carboxylic acids is 1. The normalized spacial score (nSPS) is 11.4. The Bertz CT molecular complexity index is 617. The van der Waals surface area contributed by atoms with Crippen LogP contribution in [0.5, 0.6) is 5.75 Å². The largest absolute Gasteiger partial charge is 0.478 e. The molecule has 0 bridgehead atoms. The molecule has 0 radical (unpaired) electrons. The van der Waals surface area contributed by atoms with Gasteiger partial charge in [-0.15, -0.1) is 0 Å². The highest BCUT2D eigenvalue weighted by Crippen LogP contribution is 2.11. The Balaban J connectivity index is 0.00000235. The second-order valence-electron chi connectivity index (χ2n) is 6.85. The maximum Gasteiger partial charge on any atom is 0.327 e. The molecule has 0 fully saturated rings. The average Bonchev–Trinajstić information content (AvgIpc) is 2.92. The predicted octanol–water partition coefficient (Wildman–Crippen LogP) is 0.749. The second-order valence-corrected chi connectivity index (χ2v) is 6.85. The van der Waals surface area contributed by atoms with Gasteiger partial charge >= 0.3 is 5.97 Å². The summed E-state index contributed by atoms with van der Waals surface area (Å²) in [5.74, 6) is -0.342. The average molecular weight is 535 g/mol. The van der Waals surface area contributed by atoms with E-state index >= 15 is 0 Å². The molecule has 3 N–H and O–H groups in total. The molecule has 1 aromatic carbocycles. The van der Waals surface area contributed by atoms with Crippen molar-refractivity contribution in [2.24, 2.45) is 0 Å². The lowest BCUT2D eigenvalue weighted by Gasteiger charge is -2.17. The SMILES string of the molecule is C=CC(=O)O.OCCOCCOCCOCCOCCOCCOCCOC(CO)Oc1ccccc1. The van der Waals surface area contributed by atoms with E-state index in [-0.39, 0.29) is 13.2 Å². The summed E-state index contributed by atoms with van der Waals surface area (Å²) in [5, 5.41) is 25.4. The molecule has 0 aliphatic carbocycles. The van der Waals surface area contributed by atoms with Crippen molar-refractivity contribution in [1.29, 1.82) is 0 Å². The van der Waals surface area contributed by atoms with Gasteiger partial charge in [0.2, 0.25) is 6.29 Å². The monoisotopic (exact) mass is 534 g/mol. The molecule has 1 unspecified atom stereocenters. The summed E-state index contributed by atoms with van der Waals surface area (Å²) in [5.41, 5.74) is 0. The Hall–Kier alpha value is -2.13. The van der Waals surface area contributed by atoms with Gasteiger partial charge in [0, 0.05) is 6.08 Å². The van der Waals surface area contributed by atoms with Crippen molar-refractivity contribution in [3.63, 3.8) is 0 Å². The maximum absolute atomic E-state index is 9.30. The first kappa shape index (κ1) is 34.9. The molecule has 0 spiro atoms. The molecule has 0 amide bonds. The fourth-order valence-electron chi connectivity index (χ4n) is 2.28. The summed E-state index contributed by atoms with van der Waals surface area (Å²) in [6.45, 7) is 8.58. The van der Waals surface area contributed by atoms with Crippen LogP contribution in [0.25, 0.3) is 0 Å². The molecule has 12 nitrogen and oxygen atoms in total. The molecule has 0 saturated heterocycles. The van der Waals surface area contributed by atoms with Crippen molar-refractivity contribution < 1.29 is 58.0 Å². The van der Waals surface area contributed by atoms with Crippen LogP contribution in [0.3, 0.4) is 0 Å². The Morgan fingerprint density at radius 1 is 0.703 bits per heavy atom. The van der Waals surface area contributed by atoms with Crippen LogP contribution in [0.4, 0.5) is 0 Å². The molecular weight excluding hydrogens is 492 g/mol. The molecule has 0 aliphatic heterocycles. The van der Waals surface area contributed by atoms with E-state index < -0.39 is 12.3 Å². The lowest BCUT2D eigenvalue weighted by molar-refractivity contribution is -0.131. The van der Waals surface area contributed by atoms with Crippen LogP contribution in [0.1, 0.15) is 0 Å². The van der Waals surface area contributed by atoms with Gasteiger partial charge in [0.05, 0.1) is 92.5 Å². The van der Waals surface area contributed by atoms with Crippen molar-refractivity contribution >= 4 is 5.97 Å². The molecule has 1 atom stereocenters. The van der Waals surface area contributed by atoms with Crippen LogP contribution in [-0.4, -0.2) is 127 Å². The zero-order chi connectivity index (χ0) is 27.2. The molecule has 1 rings (SSSR count). The number of hydrogen-bond acceptors (Lipinski definition) is 11. The fourth-order valence-corrected chi connectivity index (χ4v) is 2.28. The minimum atomic E-state index is -0.981. The van der Waals surface area contributed by atoms with E-state index in [4.69, 9.17) is 48.1 Å². The molecule has 0 aromatic heterocycles. The van der Waals surface area contributed by atoms with Crippen LogP contribution in [0.15, 0.2) is 43.0 Å². The van der Waals surface area contributed by atoms with E-state index in [9.17, 15) is 9.90 Å². The first-order valence-electron chi connectivity index (χ1n) is 12.0. The van der Waals surface area contributed by atoms with Crippen LogP contribution >= 0.6 is 0 Å². The lowest BCUT2D eigenvalue weighted by Crippen LogP contribution is -2.26. The van der Waals surface area contributed by atoms with Crippen molar-refractivity contribution in [2.45, 2.75) is 6.29 Å². The Morgan fingerprint density at radius 3 is 1.43 bits per heavy atom. The molecule has 12 heteroatoms. The first-order chi connectivity index (χ1) is 18.1. The maximum atomic E-state index is 9.30. The fraction of sp³-hybridized carbons (Fsp3) is 0.640. The van der Waals surface area contributed by atoms with Crippen LogP contribution in [-0.2, 0) is 38.0 Å². The molecule has 0 saturated carbocycles. The Kier molecular flexibility index (Phi) is 26.8. The summed E-state index contributed by atoms with van der Waals surface area (Å²) in [4.78, 5) is 9.25. The quantitative estimate of drug-likeness (QED) is 0.0922. The van der Waals surface area contributed by atoms with E-state index in [1.54, 1.807) is 12.1 Å². The number of ether oxygens (including phenoxy) is 8. The van der Waals surface area contributed by atoms with Gasteiger partial charge in [-0.3, -0.25) is 0 Å². The van der Waals surface area contributed by atoms with E-state index in [2.05, 4.69) is 6.58 Å². The number of aliphatic hydroxyl groups excluding tert-OH is 2. The summed E-state index contributed by atoms with van der Waals surface area (Å²) < 4.78 is 42.9. The van der Waals surface area contributed by atoms with Gasteiger partial charge in [0.25, 0.3) is 0 Å². The highest BCUT2D eigenvalue weighted by molar-refractivity contribution is 5.78. The second kappa shape index (κ2) is 28.4. The van der Waals surface area contributed by atoms with Gasteiger partial charge in [-0.05, 0) is 12.1 Å². The van der Waals surface area contributed by atoms with Crippen LogP contribution in [0.2, 0.25) is 0 Å². The molecular formula is C25H42O12. The number of para-hydroxylation sites is 1. The number of benzene rings is 1. The van der Waals surface area contributed by atoms with Gasteiger partial charge in [-0.25, -0.2) is 4.79 Å². The topological polar surface area (TPSA) is 152 Å². The van der Waals surface area contributed by atoms with Crippen molar-refractivity contribution in [1.82, 2.24) is 0 Å². The zero-order valence-electron chi connectivity index (χ0n) is 21.4. The summed E-state index contributed by atoms with van der Waals surface area (Å²) in [6.07, 6.45) is 0.114. The minimum Gasteiger partial charge on any atom is -0.478 e. The third-order valence-corrected chi connectivity index (χ3v) is 3.96. The molecule has 37 heavy (non-hydrogen) atoms. The van der Waals surface area contributed by atoms with E-state index in [0.717, 1.165) is 6.08 Å². The predicted molar refractivity (Wildman–Crippen MR) is 134 cm³/mol. The minimum absolute atomic E-state index is 0.0237. The number of rotatable bonds is 25.